The molecule has 1 heterocycles. The summed E-state index contributed by atoms with van der Waals surface area (Å²) in [6, 6.07) is 23.6. The van der Waals surface area contributed by atoms with Crippen molar-refractivity contribution in [1.82, 2.24) is 5.32 Å². The predicted molar refractivity (Wildman–Crippen MR) is 203 cm³/mol. The number of nitrogens with zero attached hydrogens (tertiary/aromatic N) is 1. The van der Waals surface area contributed by atoms with Crippen LogP contribution in [0.25, 0.3) is 6.08 Å². The van der Waals surface area contributed by atoms with Gasteiger partial charge in [0, 0.05) is 40.8 Å². The van der Waals surface area contributed by atoms with Crippen molar-refractivity contribution in [1.29, 1.82) is 0 Å². The Labute approximate surface area is 301 Å². The third kappa shape index (κ3) is 9.22. The lowest BCUT2D eigenvalue weighted by Crippen LogP contribution is -2.30. The Balaban J connectivity index is 1.32. The molecule has 0 radical (unpaired) electrons. The van der Waals surface area contributed by atoms with Crippen LogP contribution in [0.1, 0.15) is 69.3 Å². The molecule has 3 aromatic carbocycles. The summed E-state index contributed by atoms with van der Waals surface area (Å²) in [7, 11) is 5.26. The number of carbonyl (C=O) groups is 4. The van der Waals surface area contributed by atoms with Gasteiger partial charge in [-0.25, -0.2) is 4.79 Å². The summed E-state index contributed by atoms with van der Waals surface area (Å²) in [6.45, 7) is 1.94. The molecule has 0 saturated carbocycles. The Hall–Kier alpha value is -4.87. The highest BCUT2D eigenvalue weighted by Crippen LogP contribution is 2.39. The van der Waals surface area contributed by atoms with Crippen LogP contribution < -0.4 is 20.9 Å². The van der Waals surface area contributed by atoms with E-state index in [-0.39, 0.29) is 11.6 Å². The molecule has 1 unspecified atom stereocenters. The van der Waals surface area contributed by atoms with Crippen LogP contribution in [0.2, 0.25) is 0 Å². The number of hydrogen-bond donors (Lipinski definition) is 3. The summed E-state index contributed by atoms with van der Waals surface area (Å²) in [5.74, 6) is -1.54. The molecule has 260 valence electrons. The molecule has 1 aliphatic carbocycles. The quantitative estimate of drug-likeness (QED) is 0.0595. The number of thiophene rings is 1. The lowest BCUT2D eigenvalue weighted by Gasteiger charge is -2.16. The fourth-order valence-corrected chi connectivity index (χ4v) is 7.94. The van der Waals surface area contributed by atoms with Crippen LogP contribution in [0, 0.1) is 0 Å². The van der Waals surface area contributed by atoms with E-state index in [4.69, 9.17) is 4.74 Å². The van der Waals surface area contributed by atoms with Gasteiger partial charge in [-0.15, -0.1) is 23.1 Å². The predicted octanol–water partition coefficient (Wildman–Crippen LogP) is 7.79. The van der Waals surface area contributed by atoms with E-state index in [1.165, 1.54) is 30.2 Å². The van der Waals surface area contributed by atoms with Gasteiger partial charge in [0.05, 0.1) is 17.9 Å². The minimum atomic E-state index is -0.495. The van der Waals surface area contributed by atoms with Crippen molar-refractivity contribution in [3.05, 3.63) is 112 Å². The molecule has 50 heavy (non-hydrogen) atoms. The van der Waals surface area contributed by atoms with Crippen LogP contribution in [-0.4, -0.2) is 50.1 Å². The van der Waals surface area contributed by atoms with Crippen LogP contribution in [0.3, 0.4) is 0 Å². The van der Waals surface area contributed by atoms with Crippen molar-refractivity contribution >= 4 is 69.2 Å². The average Bonchev–Trinajstić information content (AvgIpc) is 3.29. The van der Waals surface area contributed by atoms with Crippen LogP contribution in [0.4, 0.5) is 16.4 Å². The molecule has 1 aromatic heterocycles. The number of nitrogens with one attached hydrogen (secondary N) is 3. The SMILES string of the molecule is CCC(Sc1cccc(NC(=O)/C(=C\c2ccc(N(C)C)cc2)NC(=O)c2ccccc2)c1)C(=O)Nc1sc2c(c1C(=O)OC)CCCCC2. The minimum Gasteiger partial charge on any atom is -0.465 e. The maximum absolute atomic E-state index is 13.7. The number of esters is 1. The molecule has 3 N–H and O–H groups in total. The van der Waals surface area contributed by atoms with Crippen molar-refractivity contribution in [2.75, 3.05) is 36.7 Å². The first kappa shape index (κ1) is 36.4. The fraction of sp³-hybridized carbons (Fsp3) is 0.282. The number of fused-ring (bicyclic) bond motifs is 1. The largest absolute Gasteiger partial charge is 0.465 e. The second-order valence-corrected chi connectivity index (χ2v) is 14.5. The van der Waals surface area contributed by atoms with Gasteiger partial charge in [0.2, 0.25) is 5.91 Å². The van der Waals surface area contributed by atoms with Gasteiger partial charge in [-0.05, 0) is 91.8 Å². The summed E-state index contributed by atoms with van der Waals surface area (Å²) in [5, 5.41) is 8.82. The van der Waals surface area contributed by atoms with Gasteiger partial charge >= 0.3 is 5.97 Å². The summed E-state index contributed by atoms with van der Waals surface area (Å²) in [4.78, 5) is 57.1. The number of carbonyl (C=O) groups excluding carboxylic acids is 4. The van der Waals surface area contributed by atoms with Crippen molar-refractivity contribution < 1.29 is 23.9 Å². The van der Waals surface area contributed by atoms with Gasteiger partial charge in [-0.3, -0.25) is 14.4 Å². The Kier molecular flexibility index (Phi) is 12.5. The Morgan fingerprint density at radius 3 is 2.36 bits per heavy atom. The molecule has 0 bridgehead atoms. The zero-order valence-electron chi connectivity index (χ0n) is 28.7. The lowest BCUT2D eigenvalue weighted by atomic mass is 10.1. The molecular formula is C39H42N4O5S2. The maximum Gasteiger partial charge on any atom is 0.341 e. The minimum absolute atomic E-state index is 0.0797. The topological polar surface area (TPSA) is 117 Å². The van der Waals surface area contributed by atoms with E-state index < -0.39 is 23.0 Å². The molecule has 0 aliphatic heterocycles. The van der Waals surface area contributed by atoms with E-state index in [1.807, 2.05) is 62.3 Å². The van der Waals surface area contributed by atoms with Crippen molar-refractivity contribution in [3.8, 4) is 0 Å². The number of ether oxygens (including phenoxy) is 1. The summed E-state index contributed by atoms with van der Waals surface area (Å²) >= 11 is 2.85. The van der Waals surface area contributed by atoms with Gasteiger partial charge in [0.1, 0.15) is 10.7 Å². The molecule has 0 saturated heterocycles. The van der Waals surface area contributed by atoms with Crippen molar-refractivity contribution in [2.24, 2.45) is 0 Å². The van der Waals surface area contributed by atoms with Crippen LogP contribution >= 0.6 is 23.1 Å². The number of thioether (sulfide) groups is 1. The number of rotatable bonds is 12. The monoisotopic (exact) mass is 710 g/mol. The van der Waals surface area contributed by atoms with Crippen LogP contribution in [0.15, 0.2) is 89.5 Å². The van der Waals surface area contributed by atoms with E-state index in [0.29, 0.717) is 28.2 Å². The maximum atomic E-state index is 13.7. The molecule has 4 aromatic rings. The summed E-state index contributed by atoms with van der Waals surface area (Å²) < 4.78 is 5.11. The van der Waals surface area contributed by atoms with E-state index in [2.05, 4.69) is 16.0 Å². The van der Waals surface area contributed by atoms with Gasteiger partial charge in [0.25, 0.3) is 11.8 Å². The Bertz CT molecular complexity index is 1870. The molecule has 3 amide bonds. The zero-order valence-corrected chi connectivity index (χ0v) is 30.3. The van der Waals surface area contributed by atoms with Crippen molar-refractivity contribution in [3.63, 3.8) is 0 Å². The number of aryl methyl sites for hydroxylation is 1. The van der Waals surface area contributed by atoms with Gasteiger partial charge in [-0.1, -0.05) is 49.7 Å². The highest BCUT2D eigenvalue weighted by molar-refractivity contribution is 8.00. The Morgan fingerprint density at radius 1 is 0.920 bits per heavy atom. The molecular weight excluding hydrogens is 669 g/mol. The second-order valence-electron chi connectivity index (χ2n) is 12.1. The van der Waals surface area contributed by atoms with E-state index in [9.17, 15) is 19.2 Å². The van der Waals surface area contributed by atoms with Gasteiger partial charge < -0.3 is 25.6 Å². The molecule has 5 rings (SSSR count). The van der Waals surface area contributed by atoms with Gasteiger partial charge in [-0.2, -0.15) is 0 Å². The number of anilines is 3. The van der Waals surface area contributed by atoms with Gasteiger partial charge in [0.15, 0.2) is 0 Å². The molecule has 1 aliphatic rings. The first-order valence-electron chi connectivity index (χ1n) is 16.6. The highest BCUT2D eigenvalue weighted by atomic mass is 32.2. The smallest absolute Gasteiger partial charge is 0.341 e. The second kappa shape index (κ2) is 17.2. The molecule has 9 nitrogen and oxygen atoms in total. The molecule has 0 spiro atoms. The third-order valence-corrected chi connectivity index (χ3v) is 10.9. The number of methoxy groups -OCH3 is 1. The average molecular weight is 711 g/mol. The zero-order chi connectivity index (χ0) is 35.6. The lowest BCUT2D eigenvalue weighted by molar-refractivity contribution is -0.116. The van der Waals surface area contributed by atoms with Crippen LogP contribution in [0.5, 0.6) is 0 Å². The third-order valence-electron chi connectivity index (χ3n) is 8.33. The fourth-order valence-electron chi connectivity index (χ4n) is 5.65. The number of amides is 3. The first-order chi connectivity index (χ1) is 24.2. The summed E-state index contributed by atoms with van der Waals surface area (Å²) in [5.41, 5.74) is 4.23. The van der Waals surface area contributed by atoms with Crippen LogP contribution in [-0.2, 0) is 27.2 Å². The van der Waals surface area contributed by atoms with Crippen molar-refractivity contribution in [2.45, 2.75) is 55.6 Å². The normalized spacial score (nSPS) is 13.3. The number of hydrogen-bond acceptors (Lipinski definition) is 8. The first-order valence-corrected chi connectivity index (χ1v) is 18.3. The van der Waals surface area contributed by atoms with E-state index in [0.717, 1.165) is 58.7 Å². The molecule has 1 atom stereocenters. The summed E-state index contributed by atoms with van der Waals surface area (Å²) in [6.07, 6.45) is 7.04. The van der Waals surface area contributed by atoms with E-state index in [1.54, 1.807) is 48.5 Å². The molecule has 0 fully saturated rings. The van der Waals surface area contributed by atoms with E-state index >= 15 is 0 Å². The number of benzene rings is 3. The Morgan fingerprint density at radius 2 is 1.66 bits per heavy atom. The molecule has 11 heteroatoms. The standard InChI is InChI=1S/C39H42N4O5S2/c1-5-32(37(46)42-38-34(39(47)48-4)30-17-10-7-11-18-33(30)50-38)49-29-16-12-15-27(24-29)40-36(45)31(41-35(44)26-13-8-6-9-14-26)23-25-19-21-28(22-20-25)43(2)3/h6,8-9,12-16,19-24,32H,5,7,10-11,17-18H2,1-4H3,(H,40,45)(H,41,44)(H,42,46)/b31-23+. The highest BCUT2D eigenvalue weighted by Gasteiger charge is 2.28.